The Morgan fingerprint density at radius 2 is 1.93 bits per heavy atom. The SMILES string of the molecule is CC1C=C([N+](=O)[O-])C=C([N+](=O)[O-])C1(C)O. The fraction of sp³-hybridized carbons (Fsp3) is 0.500. The second-order valence-corrected chi connectivity index (χ2v) is 3.57. The van der Waals surface area contributed by atoms with Gasteiger partial charge in [0, 0.05) is 12.0 Å². The summed E-state index contributed by atoms with van der Waals surface area (Å²) in [4.78, 5) is 19.6. The summed E-state index contributed by atoms with van der Waals surface area (Å²) in [5.41, 5.74) is -2.59. The highest BCUT2D eigenvalue weighted by atomic mass is 16.6. The first kappa shape index (κ1) is 11.3. The highest BCUT2D eigenvalue weighted by Crippen LogP contribution is 2.32. The summed E-state index contributed by atoms with van der Waals surface area (Å²) in [6.07, 6.45) is 1.99. The molecule has 0 saturated heterocycles. The lowest BCUT2D eigenvalue weighted by Gasteiger charge is -2.26. The minimum Gasteiger partial charge on any atom is -0.378 e. The van der Waals surface area contributed by atoms with Gasteiger partial charge in [0.05, 0.1) is 15.9 Å². The summed E-state index contributed by atoms with van der Waals surface area (Å²) in [7, 11) is 0. The molecule has 0 aromatic rings. The van der Waals surface area contributed by atoms with Crippen molar-refractivity contribution in [3.8, 4) is 0 Å². The second-order valence-electron chi connectivity index (χ2n) is 3.57. The van der Waals surface area contributed by atoms with Gasteiger partial charge in [0.25, 0.3) is 11.4 Å². The Hall–Kier alpha value is -1.76. The molecule has 2 unspecified atom stereocenters. The van der Waals surface area contributed by atoms with Gasteiger partial charge in [0.15, 0.2) is 5.60 Å². The van der Waals surface area contributed by atoms with Gasteiger partial charge in [-0.1, -0.05) is 6.92 Å². The maximum absolute atomic E-state index is 10.6. The van der Waals surface area contributed by atoms with Crippen LogP contribution in [-0.2, 0) is 0 Å². The first-order chi connectivity index (χ1) is 6.76. The molecule has 1 aliphatic rings. The predicted molar refractivity (Wildman–Crippen MR) is 49.9 cm³/mol. The largest absolute Gasteiger partial charge is 0.378 e. The molecule has 1 N–H and O–H groups in total. The van der Waals surface area contributed by atoms with Crippen molar-refractivity contribution in [3.05, 3.63) is 43.8 Å². The quantitative estimate of drug-likeness (QED) is 0.538. The van der Waals surface area contributed by atoms with Gasteiger partial charge in [-0.15, -0.1) is 0 Å². The number of allylic oxidation sites excluding steroid dienone is 1. The van der Waals surface area contributed by atoms with Gasteiger partial charge in [-0.3, -0.25) is 20.2 Å². The van der Waals surface area contributed by atoms with Crippen LogP contribution in [0.4, 0.5) is 0 Å². The molecule has 82 valence electrons. The predicted octanol–water partition coefficient (Wildman–Crippen LogP) is 0.708. The lowest BCUT2D eigenvalue weighted by molar-refractivity contribution is -0.453. The number of nitro groups is 2. The molecule has 7 nitrogen and oxygen atoms in total. The van der Waals surface area contributed by atoms with E-state index in [0.29, 0.717) is 0 Å². The summed E-state index contributed by atoms with van der Waals surface area (Å²) in [5, 5.41) is 30.9. The third-order valence-electron chi connectivity index (χ3n) is 2.52. The van der Waals surface area contributed by atoms with E-state index in [2.05, 4.69) is 0 Å². The van der Waals surface area contributed by atoms with Gasteiger partial charge in [-0.25, -0.2) is 0 Å². The molecule has 0 amide bonds. The van der Waals surface area contributed by atoms with Crippen LogP contribution >= 0.6 is 0 Å². The van der Waals surface area contributed by atoms with Gasteiger partial charge in [0.2, 0.25) is 0 Å². The zero-order valence-electron chi connectivity index (χ0n) is 8.21. The minimum absolute atomic E-state index is 0.360. The molecule has 7 heteroatoms. The van der Waals surface area contributed by atoms with Crippen LogP contribution in [-0.4, -0.2) is 20.6 Å². The fourth-order valence-corrected chi connectivity index (χ4v) is 1.34. The lowest BCUT2D eigenvalue weighted by Crippen LogP contribution is -2.39. The van der Waals surface area contributed by atoms with E-state index in [1.807, 2.05) is 0 Å². The third kappa shape index (κ3) is 1.86. The van der Waals surface area contributed by atoms with Crippen molar-refractivity contribution in [1.29, 1.82) is 0 Å². The van der Waals surface area contributed by atoms with E-state index in [9.17, 15) is 25.3 Å². The molecule has 0 radical (unpaired) electrons. The normalized spacial score (nSPS) is 30.5. The van der Waals surface area contributed by atoms with E-state index in [-0.39, 0.29) is 5.70 Å². The Kier molecular flexibility index (Phi) is 2.59. The molecule has 1 rings (SSSR count). The summed E-state index contributed by atoms with van der Waals surface area (Å²) < 4.78 is 0. The van der Waals surface area contributed by atoms with Crippen molar-refractivity contribution in [3.63, 3.8) is 0 Å². The number of hydrogen-bond donors (Lipinski definition) is 1. The van der Waals surface area contributed by atoms with Crippen LogP contribution in [0.5, 0.6) is 0 Å². The molecular formula is C8H10N2O5. The summed E-state index contributed by atoms with van der Waals surface area (Å²) in [6.45, 7) is 2.75. The standard InChI is InChI=1S/C8H10N2O5/c1-5-3-6(9(12)13)4-7(10(14)15)8(5,2)11/h3-5,11H,1-2H3. The second kappa shape index (κ2) is 3.43. The number of nitrogens with zero attached hydrogens (tertiary/aromatic N) is 2. The molecule has 0 bridgehead atoms. The smallest absolute Gasteiger partial charge is 0.284 e. The number of aliphatic hydroxyl groups is 1. The van der Waals surface area contributed by atoms with E-state index < -0.39 is 27.1 Å². The lowest BCUT2D eigenvalue weighted by atomic mass is 9.83. The van der Waals surface area contributed by atoms with Crippen molar-refractivity contribution in [1.82, 2.24) is 0 Å². The van der Waals surface area contributed by atoms with Gasteiger partial charge >= 0.3 is 0 Å². The van der Waals surface area contributed by atoms with Crippen molar-refractivity contribution in [2.45, 2.75) is 19.4 Å². The van der Waals surface area contributed by atoms with E-state index in [1.165, 1.54) is 19.9 Å². The van der Waals surface area contributed by atoms with Crippen LogP contribution in [0.15, 0.2) is 23.5 Å². The average Bonchev–Trinajstić information content (AvgIpc) is 2.08. The van der Waals surface area contributed by atoms with E-state index in [4.69, 9.17) is 0 Å². The Labute approximate surface area is 85.0 Å². The summed E-state index contributed by atoms with van der Waals surface area (Å²) in [6, 6.07) is 0. The maximum Gasteiger partial charge on any atom is 0.284 e. The van der Waals surface area contributed by atoms with Crippen molar-refractivity contribution in [2.24, 2.45) is 5.92 Å². The minimum atomic E-state index is -1.68. The van der Waals surface area contributed by atoms with Gasteiger partial charge < -0.3 is 5.11 Å². The van der Waals surface area contributed by atoms with Crippen molar-refractivity contribution < 1.29 is 15.0 Å². The summed E-state index contributed by atoms with van der Waals surface area (Å²) >= 11 is 0. The van der Waals surface area contributed by atoms with E-state index >= 15 is 0 Å². The van der Waals surface area contributed by atoms with Crippen LogP contribution in [0.25, 0.3) is 0 Å². The summed E-state index contributed by atoms with van der Waals surface area (Å²) in [5.74, 6) is -0.678. The molecular weight excluding hydrogens is 204 g/mol. The molecule has 0 aromatic carbocycles. The first-order valence-electron chi connectivity index (χ1n) is 4.22. The molecule has 15 heavy (non-hydrogen) atoms. The topological polar surface area (TPSA) is 107 Å². The maximum atomic E-state index is 10.6. The zero-order chi connectivity index (χ0) is 11.8. The Morgan fingerprint density at radius 3 is 2.33 bits per heavy atom. The van der Waals surface area contributed by atoms with Crippen molar-refractivity contribution in [2.75, 3.05) is 0 Å². The van der Waals surface area contributed by atoms with Gasteiger partial charge in [-0.05, 0) is 6.92 Å². The Bertz CT molecular complexity index is 382. The first-order valence-corrected chi connectivity index (χ1v) is 4.22. The molecule has 1 aliphatic carbocycles. The number of hydrogen-bond acceptors (Lipinski definition) is 5. The van der Waals surface area contributed by atoms with Crippen LogP contribution in [0, 0.1) is 26.1 Å². The average molecular weight is 214 g/mol. The number of rotatable bonds is 2. The highest BCUT2D eigenvalue weighted by molar-refractivity contribution is 5.28. The molecule has 0 aliphatic heterocycles. The molecule has 0 aromatic heterocycles. The zero-order valence-corrected chi connectivity index (χ0v) is 8.21. The van der Waals surface area contributed by atoms with Crippen molar-refractivity contribution >= 4 is 0 Å². The van der Waals surface area contributed by atoms with Gasteiger partial charge in [0.1, 0.15) is 0 Å². The van der Waals surface area contributed by atoms with Crippen LogP contribution in [0.3, 0.4) is 0 Å². The molecule has 0 saturated carbocycles. The molecule has 0 fully saturated rings. The van der Waals surface area contributed by atoms with E-state index in [1.54, 1.807) is 0 Å². The molecule has 2 atom stereocenters. The highest BCUT2D eigenvalue weighted by Gasteiger charge is 2.45. The fourth-order valence-electron chi connectivity index (χ4n) is 1.34. The third-order valence-corrected chi connectivity index (χ3v) is 2.52. The van der Waals surface area contributed by atoms with Crippen LogP contribution in [0.2, 0.25) is 0 Å². The van der Waals surface area contributed by atoms with Crippen LogP contribution < -0.4 is 0 Å². The molecule has 0 heterocycles. The monoisotopic (exact) mass is 214 g/mol. The Morgan fingerprint density at radius 1 is 1.40 bits per heavy atom. The van der Waals surface area contributed by atoms with Gasteiger partial charge in [-0.2, -0.15) is 0 Å². The van der Waals surface area contributed by atoms with Crippen LogP contribution in [0.1, 0.15) is 13.8 Å². The van der Waals surface area contributed by atoms with E-state index in [0.717, 1.165) is 6.08 Å². The Balaban J connectivity index is 3.25. The molecule has 0 spiro atoms.